The number of amides is 2. The van der Waals surface area contributed by atoms with Gasteiger partial charge in [-0.05, 0) is 24.1 Å². The van der Waals surface area contributed by atoms with Crippen molar-refractivity contribution in [2.24, 2.45) is 11.7 Å². The Morgan fingerprint density at radius 1 is 1.43 bits per heavy atom. The molecule has 0 bridgehead atoms. The van der Waals surface area contributed by atoms with Crippen LogP contribution in [0.1, 0.15) is 31.0 Å². The molecule has 3 N–H and O–H groups in total. The molecule has 116 valence electrons. The first-order valence-corrected chi connectivity index (χ1v) is 6.84. The van der Waals surface area contributed by atoms with Crippen molar-refractivity contribution in [1.29, 1.82) is 0 Å². The predicted molar refractivity (Wildman–Crippen MR) is 85.6 cm³/mol. The summed E-state index contributed by atoms with van der Waals surface area (Å²) in [5.74, 6) is -0.140. The number of carbonyl (C=O) groups is 2. The van der Waals surface area contributed by atoms with Gasteiger partial charge in [0.2, 0.25) is 11.8 Å². The molecule has 5 nitrogen and oxygen atoms in total. The molecule has 0 saturated carbocycles. The maximum Gasteiger partial charge on any atom is 0.231 e. The van der Waals surface area contributed by atoms with Gasteiger partial charge in [-0.2, -0.15) is 0 Å². The molecule has 6 heteroatoms. The Morgan fingerprint density at radius 3 is 2.71 bits per heavy atom. The van der Waals surface area contributed by atoms with E-state index in [1.807, 2.05) is 25.1 Å². The minimum absolute atomic E-state index is 0. The third-order valence-electron chi connectivity index (χ3n) is 3.84. The summed E-state index contributed by atoms with van der Waals surface area (Å²) in [6.07, 6.45) is 0.430. The number of carbonyl (C=O) groups excluding carboxylic acids is 2. The standard InChI is InChI=1S/C15H21N3O2.ClH/c1-9(8-16)15(20)17-10(2)11-4-5-13-12(6-11)7-14(19)18(13)3;/h4-6,9-10H,7-8,16H2,1-3H3,(H,17,20);1H. The molecule has 0 aromatic heterocycles. The number of halogens is 1. The summed E-state index contributed by atoms with van der Waals surface area (Å²) in [5.41, 5.74) is 8.46. The molecule has 1 heterocycles. The van der Waals surface area contributed by atoms with Gasteiger partial charge in [-0.3, -0.25) is 9.59 Å². The van der Waals surface area contributed by atoms with Crippen molar-refractivity contribution in [2.45, 2.75) is 26.3 Å². The van der Waals surface area contributed by atoms with Crippen LogP contribution in [0.15, 0.2) is 18.2 Å². The first-order valence-electron chi connectivity index (χ1n) is 6.84. The minimum atomic E-state index is -0.195. The van der Waals surface area contributed by atoms with Crippen molar-refractivity contribution >= 4 is 29.9 Å². The number of hydrogen-bond acceptors (Lipinski definition) is 3. The van der Waals surface area contributed by atoms with E-state index in [9.17, 15) is 9.59 Å². The summed E-state index contributed by atoms with van der Waals surface area (Å²) in [6.45, 7) is 4.07. The Kier molecular flexibility index (Phi) is 5.75. The Hall–Kier alpha value is -1.59. The second-order valence-corrected chi connectivity index (χ2v) is 5.38. The number of likely N-dealkylation sites (N-methyl/N-ethyl adjacent to an activating group) is 1. The van der Waals surface area contributed by atoms with Crippen LogP contribution >= 0.6 is 12.4 Å². The zero-order valence-corrected chi connectivity index (χ0v) is 13.4. The molecule has 1 aromatic carbocycles. The number of anilines is 1. The zero-order valence-electron chi connectivity index (χ0n) is 12.6. The summed E-state index contributed by atoms with van der Waals surface area (Å²) in [5, 5.41) is 2.94. The number of nitrogens with zero attached hydrogens (tertiary/aromatic N) is 1. The summed E-state index contributed by atoms with van der Waals surface area (Å²) >= 11 is 0. The van der Waals surface area contributed by atoms with Gasteiger partial charge in [0.15, 0.2) is 0 Å². The van der Waals surface area contributed by atoms with E-state index in [1.54, 1.807) is 18.9 Å². The SMILES string of the molecule is CC(CN)C(=O)NC(C)c1ccc2c(c1)CC(=O)N2C.Cl. The third kappa shape index (κ3) is 3.54. The van der Waals surface area contributed by atoms with Gasteiger partial charge in [-0.25, -0.2) is 0 Å². The lowest BCUT2D eigenvalue weighted by molar-refractivity contribution is -0.124. The van der Waals surface area contributed by atoms with Crippen LogP contribution in [-0.2, 0) is 16.0 Å². The highest BCUT2D eigenvalue weighted by atomic mass is 35.5. The number of benzene rings is 1. The Labute approximate surface area is 131 Å². The Balaban J connectivity index is 0.00000220. The molecule has 0 radical (unpaired) electrons. The lowest BCUT2D eigenvalue weighted by atomic mass is 10.0. The van der Waals surface area contributed by atoms with E-state index in [4.69, 9.17) is 5.73 Å². The molecule has 0 saturated heterocycles. The molecule has 0 aliphatic carbocycles. The highest BCUT2D eigenvalue weighted by Crippen LogP contribution is 2.30. The van der Waals surface area contributed by atoms with Gasteiger partial charge < -0.3 is 16.0 Å². The highest BCUT2D eigenvalue weighted by molar-refractivity contribution is 6.00. The first-order chi connectivity index (χ1) is 9.43. The van der Waals surface area contributed by atoms with Crippen LogP contribution in [0.4, 0.5) is 5.69 Å². The van der Waals surface area contributed by atoms with Crippen LogP contribution in [0.2, 0.25) is 0 Å². The molecule has 2 unspecified atom stereocenters. The van der Waals surface area contributed by atoms with Gasteiger partial charge in [0.25, 0.3) is 0 Å². The largest absolute Gasteiger partial charge is 0.349 e. The van der Waals surface area contributed by atoms with Crippen LogP contribution in [0.25, 0.3) is 0 Å². The monoisotopic (exact) mass is 311 g/mol. The minimum Gasteiger partial charge on any atom is -0.349 e. The van der Waals surface area contributed by atoms with E-state index in [2.05, 4.69) is 5.32 Å². The van der Waals surface area contributed by atoms with Crippen molar-refractivity contribution in [3.05, 3.63) is 29.3 Å². The molecule has 1 aliphatic rings. The van der Waals surface area contributed by atoms with Gasteiger partial charge in [0.05, 0.1) is 12.5 Å². The summed E-state index contributed by atoms with van der Waals surface area (Å²) in [4.78, 5) is 25.2. The highest BCUT2D eigenvalue weighted by Gasteiger charge is 2.25. The normalized spacial score (nSPS) is 16.0. The molecule has 1 aliphatic heterocycles. The molecule has 2 rings (SSSR count). The van der Waals surface area contributed by atoms with Crippen LogP contribution < -0.4 is 16.0 Å². The van der Waals surface area contributed by atoms with E-state index >= 15 is 0 Å². The molecule has 0 fully saturated rings. The number of nitrogens with one attached hydrogen (secondary N) is 1. The van der Waals surface area contributed by atoms with Crippen LogP contribution in [0.5, 0.6) is 0 Å². The predicted octanol–water partition coefficient (Wildman–Crippen LogP) is 1.40. The van der Waals surface area contributed by atoms with Gasteiger partial charge in [0, 0.05) is 25.2 Å². The first kappa shape index (κ1) is 17.5. The lowest BCUT2D eigenvalue weighted by Gasteiger charge is -2.18. The van der Waals surface area contributed by atoms with E-state index in [-0.39, 0.29) is 36.2 Å². The van der Waals surface area contributed by atoms with Gasteiger partial charge in [0.1, 0.15) is 0 Å². The fraction of sp³-hybridized carbons (Fsp3) is 0.467. The third-order valence-corrected chi connectivity index (χ3v) is 3.84. The number of rotatable bonds is 4. The average Bonchev–Trinajstić information content (AvgIpc) is 2.72. The molecule has 0 spiro atoms. The van der Waals surface area contributed by atoms with E-state index in [0.29, 0.717) is 13.0 Å². The van der Waals surface area contributed by atoms with Crippen molar-refractivity contribution < 1.29 is 9.59 Å². The van der Waals surface area contributed by atoms with Gasteiger partial charge in [-0.15, -0.1) is 12.4 Å². The maximum absolute atomic E-state index is 11.8. The Bertz CT molecular complexity index is 548. The molecule has 21 heavy (non-hydrogen) atoms. The topological polar surface area (TPSA) is 75.4 Å². The fourth-order valence-corrected chi connectivity index (χ4v) is 2.31. The maximum atomic E-state index is 11.8. The number of nitrogens with two attached hydrogens (primary N) is 1. The van der Waals surface area contributed by atoms with E-state index < -0.39 is 0 Å². The smallest absolute Gasteiger partial charge is 0.231 e. The Morgan fingerprint density at radius 2 is 2.10 bits per heavy atom. The molecule has 2 amide bonds. The second-order valence-electron chi connectivity index (χ2n) is 5.38. The molecular formula is C15H22ClN3O2. The summed E-state index contributed by atoms with van der Waals surface area (Å²) in [7, 11) is 1.78. The van der Waals surface area contributed by atoms with Crippen LogP contribution in [-0.4, -0.2) is 25.4 Å². The number of hydrogen-bond donors (Lipinski definition) is 2. The number of fused-ring (bicyclic) bond motifs is 1. The average molecular weight is 312 g/mol. The van der Waals surface area contributed by atoms with E-state index in [1.165, 1.54) is 0 Å². The molecule has 1 aromatic rings. The van der Waals surface area contributed by atoms with Crippen molar-refractivity contribution in [1.82, 2.24) is 5.32 Å². The zero-order chi connectivity index (χ0) is 14.9. The van der Waals surface area contributed by atoms with Crippen LogP contribution in [0, 0.1) is 5.92 Å². The van der Waals surface area contributed by atoms with Crippen LogP contribution in [0.3, 0.4) is 0 Å². The van der Waals surface area contributed by atoms with Gasteiger partial charge >= 0.3 is 0 Å². The van der Waals surface area contributed by atoms with Crippen molar-refractivity contribution in [2.75, 3.05) is 18.5 Å². The lowest BCUT2D eigenvalue weighted by Crippen LogP contribution is -2.34. The van der Waals surface area contributed by atoms with Crippen molar-refractivity contribution in [3.63, 3.8) is 0 Å². The fourth-order valence-electron chi connectivity index (χ4n) is 2.31. The summed E-state index contributed by atoms with van der Waals surface area (Å²) < 4.78 is 0. The second kappa shape index (κ2) is 6.91. The molecule has 2 atom stereocenters. The quantitative estimate of drug-likeness (QED) is 0.882. The molecular weight excluding hydrogens is 290 g/mol. The van der Waals surface area contributed by atoms with E-state index in [0.717, 1.165) is 16.8 Å². The summed E-state index contributed by atoms with van der Waals surface area (Å²) in [6, 6.07) is 5.79. The van der Waals surface area contributed by atoms with Crippen molar-refractivity contribution in [3.8, 4) is 0 Å². The van der Waals surface area contributed by atoms with Gasteiger partial charge in [-0.1, -0.05) is 19.1 Å².